The van der Waals surface area contributed by atoms with Gasteiger partial charge in [0.05, 0.1) is 5.75 Å². The second-order valence-electron chi connectivity index (χ2n) is 6.55. The van der Waals surface area contributed by atoms with Crippen LogP contribution in [0.3, 0.4) is 0 Å². The second kappa shape index (κ2) is 7.39. The lowest BCUT2D eigenvalue weighted by atomic mass is 10.1. The summed E-state index contributed by atoms with van der Waals surface area (Å²) in [6, 6.07) is 7.17. The van der Waals surface area contributed by atoms with Gasteiger partial charge in [0, 0.05) is 23.2 Å². The summed E-state index contributed by atoms with van der Waals surface area (Å²) in [5.74, 6) is 1.74. The second-order valence-corrected chi connectivity index (χ2v) is 7.49. The highest BCUT2D eigenvalue weighted by Crippen LogP contribution is 2.41. The van der Waals surface area contributed by atoms with E-state index in [1.165, 1.54) is 31.5 Å². The van der Waals surface area contributed by atoms with E-state index in [1.807, 2.05) is 0 Å². The van der Waals surface area contributed by atoms with Gasteiger partial charge in [0.1, 0.15) is 5.82 Å². The van der Waals surface area contributed by atoms with Gasteiger partial charge in [-0.2, -0.15) is 0 Å². The molecule has 1 aromatic heterocycles. The summed E-state index contributed by atoms with van der Waals surface area (Å²) in [7, 11) is 0. The van der Waals surface area contributed by atoms with E-state index in [-0.39, 0.29) is 23.5 Å². The molecule has 1 aliphatic rings. The molecule has 132 valence electrons. The third-order valence-electron chi connectivity index (χ3n) is 4.06. The Kier molecular flexibility index (Phi) is 5.22. The molecule has 0 radical (unpaired) electrons. The van der Waals surface area contributed by atoms with Gasteiger partial charge in [-0.1, -0.05) is 11.8 Å². The van der Waals surface area contributed by atoms with Gasteiger partial charge in [-0.25, -0.2) is 0 Å². The van der Waals surface area contributed by atoms with Crippen molar-refractivity contribution < 1.29 is 9.59 Å². The Balaban J connectivity index is 1.60. The molecule has 1 aliphatic carbocycles. The van der Waals surface area contributed by atoms with Crippen molar-refractivity contribution in [1.29, 1.82) is 0 Å². The fourth-order valence-corrected chi connectivity index (χ4v) is 3.48. The number of amides is 1. The van der Waals surface area contributed by atoms with Crippen LogP contribution in [-0.4, -0.2) is 32.2 Å². The highest BCUT2D eigenvalue weighted by molar-refractivity contribution is 7.99. The lowest BCUT2D eigenvalue weighted by molar-refractivity contribution is -0.113. The summed E-state index contributed by atoms with van der Waals surface area (Å²) in [6.45, 7) is 5.73. The van der Waals surface area contributed by atoms with Crippen molar-refractivity contribution in [1.82, 2.24) is 14.8 Å². The maximum absolute atomic E-state index is 12.2. The summed E-state index contributed by atoms with van der Waals surface area (Å²) < 4.78 is 2.14. The van der Waals surface area contributed by atoms with Crippen LogP contribution < -0.4 is 5.32 Å². The van der Waals surface area contributed by atoms with Gasteiger partial charge in [-0.15, -0.1) is 10.2 Å². The summed E-state index contributed by atoms with van der Waals surface area (Å²) in [6.07, 6.45) is 2.35. The SMILES string of the molecule is CC(=O)c1ccc(NC(=O)CSc2nnc(C3CC3)n2C(C)C)cc1. The molecule has 7 heteroatoms. The molecule has 1 aromatic carbocycles. The first-order valence-electron chi connectivity index (χ1n) is 8.44. The van der Waals surface area contributed by atoms with E-state index in [9.17, 15) is 9.59 Å². The Morgan fingerprint density at radius 2 is 1.92 bits per heavy atom. The number of aromatic nitrogens is 3. The van der Waals surface area contributed by atoms with Crippen LogP contribution in [0.2, 0.25) is 0 Å². The van der Waals surface area contributed by atoms with Crippen LogP contribution >= 0.6 is 11.8 Å². The van der Waals surface area contributed by atoms with Gasteiger partial charge < -0.3 is 9.88 Å². The van der Waals surface area contributed by atoms with Gasteiger partial charge in [0.15, 0.2) is 10.9 Å². The van der Waals surface area contributed by atoms with Crippen molar-refractivity contribution in [3.8, 4) is 0 Å². The maximum Gasteiger partial charge on any atom is 0.234 e. The minimum absolute atomic E-state index is 0.00733. The Bertz CT molecular complexity index is 779. The van der Waals surface area contributed by atoms with E-state index in [2.05, 4.69) is 33.9 Å². The number of hydrogen-bond acceptors (Lipinski definition) is 5. The van der Waals surface area contributed by atoms with E-state index < -0.39 is 0 Å². The summed E-state index contributed by atoms with van der Waals surface area (Å²) in [5, 5.41) is 12.2. The van der Waals surface area contributed by atoms with Crippen molar-refractivity contribution in [2.24, 2.45) is 0 Å². The van der Waals surface area contributed by atoms with Gasteiger partial charge in [0.25, 0.3) is 0 Å². The molecular weight excluding hydrogens is 336 g/mol. The number of rotatable bonds is 7. The van der Waals surface area contributed by atoms with E-state index in [0.717, 1.165) is 11.0 Å². The Morgan fingerprint density at radius 1 is 1.24 bits per heavy atom. The molecule has 1 amide bonds. The van der Waals surface area contributed by atoms with Crippen molar-refractivity contribution in [2.75, 3.05) is 11.1 Å². The first-order valence-corrected chi connectivity index (χ1v) is 9.42. The zero-order chi connectivity index (χ0) is 18.0. The van der Waals surface area contributed by atoms with Crippen molar-refractivity contribution in [3.05, 3.63) is 35.7 Å². The zero-order valence-electron chi connectivity index (χ0n) is 14.7. The molecule has 1 heterocycles. The van der Waals surface area contributed by atoms with E-state index in [0.29, 0.717) is 17.2 Å². The van der Waals surface area contributed by atoms with Gasteiger partial charge in [-0.3, -0.25) is 9.59 Å². The molecule has 3 rings (SSSR count). The number of carbonyl (C=O) groups is 2. The predicted octanol–water partition coefficient (Wildman–Crippen LogP) is 3.67. The average Bonchev–Trinajstić information content (AvgIpc) is 3.32. The van der Waals surface area contributed by atoms with Crippen molar-refractivity contribution in [3.63, 3.8) is 0 Å². The molecule has 0 unspecified atom stereocenters. The van der Waals surface area contributed by atoms with Crippen LogP contribution in [0, 0.1) is 0 Å². The summed E-state index contributed by atoms with van der Waals surface area (Å²) >= 11 is 1.40. The highest BCUT2D eigenvalue weighted by Gasteiger charge is 2.31. The van der Waals surface area contributed by atoms with Crippen LogP contribution in [0.1, 0.15) is 61.8 Å². The number of nitrogens with zero attached hydrogens (tertiary/aromatic N) is 3. The molecule has 0 atom stereocenters. The third-order valence-corrected chi connectivity index (χ3v) is 5.00. The van der Waals surface area contributed by atoms with E-state index in [4.69, 9.17) is 0 Å². The number of nitrogens with one attached hydrogen (secondary N) is 1. The fraction of sp³-hybridized carbons (Fsp3) is 0.444. The van der Waals surface area contributed by atoms with Crippen molar-refractivity contribution >= 4 is 29.1 Å². The lowest BCUT2D eigenvalue weighted by Gasteiger charge is -2.13. The standard InChI is InChI=1S/C18H22N4O2S/c1-11(2)22-17(14-4-5-14)20-21-18(22)25-10-16(24)19-15-8-6-13(7-9-15)12(3)23/h6-9,11,14H,4-5,10H2,1-3H3,(H,19,24). The number of benzene rings is 1. The van der Waals surface area contributed by atoms with E-state index >= 15 is 0 Å². The molecule has 0 saturated heterocycles. The monoisotopic (exact) mass is 358 g/mol. The average molecular weight is 358 g/mol. The Labute approximate surface area is 151 Å². The predicted molar refractivity (Wildman–Crippen MR) is 98.2 cm³/mol. The zero-order valence-corrected chi connectivity index (χ0v) is 15.5. The first-order chi connectivity index (χ1) is 12.0. The molecule has 6 nitrogen and oxygen atoms in total. The fourth-order valence-electron chi connectivity index (χ4n) is 2.61. The van der Waals surface area contributed by atoms with Crippen LogP contribution in [0.15, 0.2) is 29.4 Å². The molecule has 0 aliphatic heterocycles. The first kappa shape index (κ1) is 17.7. The molecule has 25 heavy (non-hydrogen) atoms. The van der Waals surface area contributed by atoms with Gasteiger partial charge in [0.2, 0.25) is 5.91 Å². The number of anilines is 1. The van der Waals surface area contributed by atoms with Crippen LogP contribution in [0.25, 0.3) is 0 Å². The van der Waals surface area contributed by atoms with Crippen LogP contribution in [-0.2, 0) is 4.79 Å². The van der Waals surface area contributed by atoms with Crippen LogP contribution in [0.5, 0.6) is 0 Å². The molecule has 1 N–H and O–H groups in total. The number of ketones is 1. The molecule has 0 bridgehead atoms. The van der Waals surface area contributed by atoms with Crippen molar-refractivity contribution in [2.45, 2.75) is 50.7 Å². The smallest absolute Gasteiger partial charge is 0.234 e. The number of Topliss-reactive ketones (excluding diaryl/α,β-unsaturated/α-hetero) is 1. The topological polar surface area (TPSA) is 76.9 Å². The molecular formula is C18H22N4O2S. The minimum Gasteiger partial charge on any atom is -0.325 e. The minimum atomic E-state index is -0.105. The highest BCUT2D eigenvalue weighted by atomic mass is 32.2. The largest absolute Gasteiger partial charge is 0.325 e. The quantitative estimate of drug-likeness (QED) is 0.604. The molecule has 0 spiro atoms. The molecule has 1 saturated carbocycles. The third kappa shape index (κ3) is 4.28. The summed E-state index contributed by atoms with van der Waals surface area (Å²) in [5.41, 5.74) is 1.31. The maximum atomic E-state index is 12.2. The van der Waals surface area contributed by atoms with Gasteiger partial charge in [-0.05, 0) is 57.9 Å². The number of hydrogen-bond donors (Lipinski definition) is 1. The number of carbonyl (C=O) groups excluding carboxylic acids is 2. The number of thioether (sulfide) groups is 1. The summed E-state index contributed by atoms with van der Waals surface area (Å²) in [4.78, 5) is 23.5. The Morgan fingerprint density at radius 3 is 2.48 bits per heavy atom. The van der Waals surface area contributed by atoms with E-state index in [1.54, 1.807) is 24.3 Å². The Hall–Kier alpha value is -2.15. The molecule has 1 fully saturated rings. The van der Waals surface area contributed by atoms with Gasteiger partial charge >= 0.3 is 0 Å². The lowest BCUT2D eigenvalue weighted by Crippen LogP contribution is -2.15. The van der Waals surface area contributed by atoms with Crippen LogP contribution in [0.4, 0.5) is 5.69 Å². The molecule has 2 aromatic rings. The normalized spacial score (nSPS) is 13.9.